The van der Waals surface area contributed by atoms with Crippen molar-refractivity contribution in [1.82, 2.24) is 10.2 Å². The number of nitrogens with zero attached hydrogens (tertiary/aromatic N) is 1. The monoisotopic (exact) mass is 356 g/mol. The van der Waals surface area contributed by atoms with Crippen LogP contribution in [0.5, 0.6) is 17.2 Å². The van der Waals surface area contributed by atoms with Crippen molar-refractivity contribution in [2.45, 2.75) is 6.04 Å². The molecule has 0 aromatic heterocycles. The minimum Gasteiger partial charge on any atom is -0.497 e. The van der Waals surface area contributed by atoms with Crippen LogP contribution in [-0.2, 0) is 4.79 Å². The number of carbonyl (C=O) groups excluding carboxylic acids is 1. The summed E-state index contributed by atoms with van der Waals surface area (Å²) in [4.78, 5) is 14.7. The highest BCUT2D eigenvalue weighted by molar-refractivity contribution is 5.78. The van der Waals surface area contributed by atoms with E-state index in [2.05, 4.69) is 5.32 Å². The Morgan fingerprint density at radius 2 is 1.92 bits per heavy atom. The number of nitrogens with one attached hydrogen (secondary N) is 1. The number of amides is 1. The summed E-state index contributed by atoms with van der Waals surface area (Å²) in [5.74, 6) is 2.05. The third-order valence-corrected chi connectivity index (χ3v) is 4.47. The molecule has 0 bridgehead atoms. The molecule has 6 heteroatoms. The molecule has 6 nitrogen and oxygen atoms in total. The van der Waals surface area contributed by atoms with Gasteiger partial charge in [0.15, 0.2) is 6.61 Å². The standard InChI is InChI=1S/C20H24N2O4/c1-24-15-6-5-7-16(12-15)26-14-20(23)22-11-10-21-13-18(22)17-8-3-4-9-19(17)25-2/h3-9,12,18,21H,10-11,13-14H2,1-2H3. The number of benzene rings is 2. The summed E-state index contributed by atoms with van der Waals surface area (Å²) in [5.41, 5.74) is 0.997. The highest BCUT2D eigenvalue weighted by Gasteiger charge is 2.29. The molecule has 0 radical (unpaired) electrons. The maximum Gasteiger partial charge on any atom is 0.261 e. The first-order chi connectivity index (χ1) is 12.7. The summed E-state index contributed by atoms with van der Waals surface area (Å²) in [7, 11) is 3.25. The second-order valence-electron chi connectivity index (χ2n) is 6.02. The van der Waals surface area contributed by atoms with Gasteiger partial charge >= 0.3 is 0 Å². The predicted molar refractivity (Wildman–Crippen MR) is 98.8 cm³/mol. The zero-order valence-electron chi connectivity index (χ0n) is 15.1. The van der Waals surface area contributed by atoms with Crippen LogP contribution in [0.1, 0.15) is 11.6 Å². The number of para-hydroxylation sites is 1. The van der Waals surface area contributed by atoms with Crippen LogP contribution < -0.4 is 19.5 Å². The molecule has 1 fully saturated rings. The van der Waals surface area contributed by atoms with Gasteiger partial charge in [0.05, 0.1) is 20.3 Å². The van der Waals surface area contributed by atoms with Gasteiger partial charge in [-0.05, 0) is 18.2 Å². The van der Waals surface area contributed by atoms with Gasteiger partial charge in [-0.2, -0.15) is 0 Å². The number of methoxy groups -OCH3 is 2. The van der Waals surface area contributed by atoms with E-state index < -0.39 is 0 Å². The fraction of sp³-hybridized carbons (Fsp3) is 0.350. The quantitative estimate of drug-likeness (QED) is 0.860. The Labute approximate surface area is 153 Å². The second-order valence-corrected chi connectivity index (χ2v) is 6.02. The lowest BCUT2D eigenvalue weighted by Gasteiger charge is -2.37. The fourth-order valence-corrected chi connectivity index (χ4v) is 3.14. The first-order valence-electron chi connectivity index (χ1n) is 8.63. The third kappa shape index (κ3) is 4.08. The predicted octanol–water partition coefficient (Wildman–Crippen LogP) is 2.26. The largest absolute Gasteiger partial charge is 0.497 e. The smallest absolute Gasteiger partial charge is 0.261 e. The normalized spacial score (nSPS) is 16.8. The van der Waals surface area contributed by atoms with Crippen molar-refractivity contribution in [2.24, 2.45) is 0 Å². The van der Waals surface area contributed by atoms with Crippen LogP contribution in [0.25, 0.3) is 0 Å². The average molecular weight is 356 g/mol. The zero-order valence-corrected chi connectivity index (χ0v) is 15.1. The van der Waals surface area contributed by atoms with Crippen molar-refractivity contribution in [3.63, 3.8) is 0 Å². The molecule has 2 aromatic carbocycles. The van der Waals surface area contributed by atoms with Crippen molar-refractivity contribution in [3.8, 4) is 17.2 Å². The van der Waals surface area contributed by atoms with Gasteiger partial charge in [-0.25, -0.2) is 0 Å². The van der Waals surface area contributed by atoms with Gasteiger partial charge in [-0.15, -0.1) is 0 Å². The number of rotatable bonds is 6. The van der Waals surface area contributed by atoms with Crippen LogP contribution in [0.4, 0.5) is 0 Å². The molecule has 0 saturated carbocycles. The zero-order chi connectivity index (χ0) is 18.4. The van der Waals surface area contributed by atoms with E-state index in [0.29, 0.717) is 24.6 Å². The molecule has 2 aromatic rings. The lowest BCUT2D eigenvalue weighted by Crippen LogP contribution is -2.50. The fourth-order valence-electron chi connectivity index (χ4n) is 3.14. The topological polar surface area (TPSA) is 60.0 Å². The SMILES string of the molecule is COc1cccc(OCC(=O)N2CCNCC2c2ccccc2OC)c1. The number of piperazine rings is 1. The van der Waals surface area contributed by atoms with Crippen LogP contribution in [0.15, 0.2) is 48.5 Å². The van der Waals surface area contributed by atoms with E-state index in [1.165, 1.54) is 0 Å². The Bertz CT molecular complexity index is 750. The van der Waals surface area contributed by atoms with Gasteiger partial charge in [-0.1, -0.05) is 24.3 Å². The van der Waals surface area contributed by atoms with Gasteiger partial charge < -0.3 is 24.4 Å². The average Bonchev–Trinajstić information content (AvgIpc) is 2.72. The molecule has 1 amide bonds. The molecule has 26 heavy (non-hydrogen) atoms. The molecule has 1 aliphatic heterocycles. The summed E-state index contributed by atoms with van der Waals surface area (Å²) in [6, 6.07) is 15.0. The molecule has 3 rings (SSSR count). The summed E-state index contributed by atoms with van der Waals surface area (Å²) >= 11 is 0. The van der Waals surface area contributed by atoms with Crippen molar-refractivity contribution in [2.75, 3.05) is 40.5 Å². The van der Waals surface area contributed by atoms with Crippen LogP contribution in [0, 0.1) is 0 Å². The van der Waals surface area contributed by atoms with E-state index in [1.807, 2.05) is 47.4 Å². The summed E-state index contributed by atoms with van der Waals surface area (Å²) in [6.45, 7) is 2.06. The molecule has 138 valence electrons. The molecule has 1 N–H and O–H groups in total. The lowest BCUT2D eigenvalue weighted by molar-refractivity contribution is -0.136. The molecule has 1 aliphatic rings. The molecule has 0 spiro atoms. The van der Waals surface area contributed by atoms with Gasteiger partial charge in [0.25, 0.3) is 5.91 Å². The molecular weight excluding hydrogens is 332 g/mol. The number of carbonyl (C=O) groups is 1. The Hall–Kier alpha value is -2.73. The maximum absolute atomic E-state index is 12.8. The van der Waals surface area contributed by atoms with Crippen molar-refractivity contribution < 1.29 is 19.0 Å². The number of hydrogen-bond donors (Lipinski definition) is 1. The van der Waals surface area contributed by atoms with Crippen LogP contribution in [0.3, 0.4) is 0 Å². The van der Waals surface area contributed by atoms with E-state index in [1.54, 1.807) is 20.3 Å². The second kappa shape index (κ2) is 8.58. The van der Waals surface area contributed by atoms with Crippen molar-refractivity contribution >= 4 is 5.91 Å². The Kier molecular flexibility index (Phi) is 5.96. The van der Waals surface area contributed by atoms with E-state index in [-0.39, 0.29) is 18.6 Å². The lowest BCUT2D eigenvalue weighted by atomic mass is 10.0. The maximum atomic E-state index is 12.8. The van der Waals surface area contributed by atoms with Crippen LogP contribution in [0.2, 0.25) is 0 Å². The summed E-state index contributed by atoms with van der Waals surface area (Å²) < 4.78 is 16.3. The van der Waals surface area contributed by atoms with Gasteiger partial charge in [0.2, 0.25) is 0 Å². The first-order valence-corrected chi connectivity index (χ1v) is 8.63. The first kappa shape index (κ1) is 18.1. The molecule has 1 saturated heterocycles. The van der Waals surface area contributed by atoms with E-state index in [4.69, 9.17) is 14.2 Å². The third-order valence-electron chi connectivity index (χ3n) is 4.47. The molecule has 1 atom stereocenters. The van der Waals surface area contributed by atoms with Gasteiger partial charge in [0, 0.05) is 31.3 Å². The summed E-state index contributed by atoms with van der Waals surface area (Å²) in [6.07, 6.45) is 0. The van der Waals surface area contributed by atoms with E-state index >= 15 is 0 Å². The number of ether oxygens (including phenoxy) is 3. The summed E-state index contributed by atoms with van der Waals surface area (Å²) in [5, 5.41) is 3.35. The Morgan fingerprint density at radius 1 is 1.12 bits per heavy atom. The van der Waals surface area contributed by atoms with Crippen LogP contribution >= 0.6 is 0 Å². The molecule has 0 aliphatic carbocycles. The highest BCUT2D eigenvalue weighted by Crippen LogP contribution is 2.30. The Morgan fingerprint density at radius 3 is 2.73 bits per heavy atom. The van der Waals surface area contributed by atoms with E-state index in [9.17, 15) is 4.79 Å². The Balaban J connectivity index is 1.71. The highest BCUT2D eigenvalue weighted by atomic mass is 16.5. The molecule has 1 unspecified atom stereocenters. The minimum atomic E-state index is -0.0821. The van der Waals surface area contributed by atoms with Crippen molar-refractivity contribution in [3.05, 3.63) is 54.1 Å². The minimum absolute atomic E-state index is 0.0151. The van der Waals surface area contributed by atoms with Crippen LogP contribution in [-0.4, -0.2) is 51.3 Å². The van der Waals surface area contributed by atoms with E-state index in [0.717, 1.165) is 17.9 Å². The van der Waals surface area contributed by atoms with Gasteiger partial charge in [0.1, 0.15) is 17.2 Å². The van der Waals surface area contributed by atoms with Crippen molar-refractivity contribution in [1.29, 1.82) is 0 Å². The number of hydrogen-bond acceptors (Lipinski definition) is 5. The molecule has 1 heterocycles. The molecular formula is C20H24N2O4. The van der Waals surface area contributed by atoms with Gasteiger partial charge in [-0.3, -0.25) is 4.79 Å².